The molecule has 0 aliphatic rings. The molecule has 23 heavy (non-hydrogen) atoms. The molecule has 3 rings (SSSR count). The fourth-order valence-corrected chi connectivity index (χ4v) is 2.00. The number of nitrogens with zero attached hydrogens (tertiary/aromatic N) is 4. The van der Waals surface area contributed by atoms with Crippen LogP contribution in [0.5, 0.6) is 0 Å². The Kier molecular flexibility index (Phi) is 3.84. The van der Waals surface area contributed by atoms with Gasteiger partial charge in [0, 0.05) is 5.56 Å². The van der Waals surface area contributed by atoms with Gasteiger partial charge < -0.3 is 11.5 Å². The van der Waals surface area contributed by atoms with Gasteiger partial charge in [-0.15, -0.1) is 10.2 Å². The van der Waals surface area contributed by atoms with Crippen molar-refractivity contribution in [2.45, 2.75) is 0 Å². The van der Waals surface area contributed by atoms with Gasteiger partial charge in [-0.05, 0) is 24.3 Å². The van der Waals surface area contributed by atoms with Crippen molar-refractivity contribution >= 4 is 28.9 Å². The molecular weight excluding hydrogens is 292 g/mol. The number of aromatic nitrogens is 2. The molecule has 7 nitrogen and oxygen atoms in total. The maximum atomic E-state index is 12.4. The molecule has 0 atom stereocenters. The Morgan fingerprint density at radius 3 is 2.17 bits per heavy atom. The van der Waals surface area contributed by atoms with Gasteiger partial charge in [-0.25, -0.2) is 0 Å². The summed E-state index contributed by atoms with van der Waals surface area (Å²) in [6.07, 6.45) is 0. The van der Waals surface area contributed by atoms with Crippen molar-refractivity contribution in [3.8, 4) is 0 Å². The highest BCUT2D eigenvalue weighted by atomic mass is 16.2. The minimum atomic E-state index is -0.379. The lowest BCUT2D eigenvalue weighted by molar-refractivity contribution is 0.0948. The third-order valence-electron chi connectivity index (χ3n) is 3.16. The highest BCUT2D eigenvalue weighted by molar-refractivity contribution is 5.99. The first-order valence-corrected chi connectivity index (χ1v) is 6.87. The van der Waals surface area contributed by atoms with E-state index >= 15 is 0 Å². The fraction of sp³-hybridized carbons (Fsp3) is 0. The van der Waals surface area contributed by atoms with Crippen molar-refractivity contribution in [1.82, 2.24) is 9.78 Å². The molecule has 0 fully saturated rings. The molecule has 0 radical (unpaired) electrons. The molecule has 0 aliphatic carbocycles. The molecule has 3 aromatic rings. The van der Waals surface area contributed by atoms with Crippen LogP contribution in [0.2, 0.25) is 0 Å². The lowest BCUT2D eigenvalue weighted by Gasteiger charge is -2.02. The zero-order valence-electron chi connectivity index (χ0n) is 12.1. The van der Waals surface area contributed by atoms with Crippen LogP contribution in [0.4, 0.5) is 23.0 Å². The second-order valence-corrected chi connectivity index (χ2v) is 4.74. The van der Waals surface area contributed by atoms with Crippen molar-refractivity contribution in [1.29, 1.82) is 0 Å². The van der Waals surface area contributed by atoms with E-state index in [1.807, 2.05) is 24.3 Å². The zero-order chi connectivity index (χ0) is 16.2. The summed E-state index contributed by atoms with van der Waals surface area (Å²) in [6, 6.07) is 17.8. The maximum Gasteiger partial charge on any atom is 0.280 e. The standard InChI is InChI=1S/C16H14N6O/c17-14-13(20-19-12-9-5-2-6-10-12)15(18)22(21-14)16(23)11-7-3-1-4-8-11/h1-10H,18H2,(H2,17,21)/b20-19+. The van der Waals surface area contributed by atoms with Crippen LogP contribution in [0, 0.1) is 0 Å². The highest BCUT2D eigenvalue weighted by Gasteiger charge is 2.19. The second-order valence-electron chi connectivity index (χ2n) is 4.74. The first-order chi connectivity index (χ1) is 11.2. The third kappa shape index (κ3) is 2.93. The Hall–Kier alpha value is -3.48. The van der Waals surface area contributed by atoms with Crippen LogP contribution in [-0.4, -0.2) is 15.7 Å². The molecule has 0 unspecified atom stereocenters. The molecule has 0 spiro atoms. The third-order valence-corrected chi connectivity index (χ3v) is 3.16. The van der Waals surface area contributed by atoms with Crippen molar-refractivity contribution in [3.05, 3.63) is 66.2 Å². The Balaban J connectivity index is 1.94. The van der Waals surface area contributed by atoms with Gasteiger partial charge in [0.2, 0.25) is 0 Å². The summed E-state index contributed by atoms with van der Waals surface area (Å²) in [4.78, 5) is 12.4. The lowest BCUT2D eigenvalue weighted by atomic mass is 10.2. The van der Waals surface area contributed by atoms with E-state index in [9.17, 15) is 4.79 Å². The monoisotopic (exact) mass is 306 g/mol. The van der Waals surface area contributed by atoms with Crippen molar-refractivity contribution in [2.24, 2.45) is 10.2 Å². The Morgan fingerprint density at radius 1 is 0.913 bits per heavy atom. The van der Waals surface area contributed by atoms with Crippen LogP contribution < -0.4 is 11.5 Å². The molecular formula is C16H14N6O. The lowest BCUT2D eigenvalue weighted by Crippen LogP contribution is -2.16. The molecule has 2 aromatic carbocycles. The molecule has 0 saturated heterocycles. The van der Waals surface area contributed by atoms with Gasteiger partial charge in [-0.2, -0.15) is 9.80 Å². The molecule has 4 N–H and O–H groups in total. The largest absolute Gasteiger partial charge is 0.382 e. The first-order valence-electron chi connectivity index (χ1n) is 6.87. The Bertz CT molecular complexity index is 855. The average molecular weight is 306 g/mol. The van der Waals surface area contributed by atoms with E-state index in [2.05, 4.69) is 15.3 Å². The SMILES string of the molecule is Nc1nn(C(=O)c2ccccc2)c(N)c1/N=N/c1ccccc1. The van der Waals surface area contributed by atoms with Crippen LogP contribution in [0.25, 0.3) is 0 Å². The number of hydrogen-bond donors (Lipinski definition) is 2. The summed E-state index contributed by atoms with van der Waals surface area (Å²) in [5.74, 6) is -0.279. The first kappa shape index (κ1) is 14.5. The molecule has 0 bridgehead atoms. The fourth-order valence-electron chi connectivity index (χ4n) is 2.00. The smallest absolute Gasteiger partial charge is 0.280 e. The van der Waals surface area contributed by atoms with Gasteiger partial charge >= 0.3 is 0 Å². The van der Waals surface area contributed by atoms with Crippen molar-refractivity contribution in [3.63, 3.8) is 0 Å². The molecule has 0 amide bonds. The number of benzene rings is 2. The van der Waals surface area contributed by atoms with E-state index in [0.717, 1.165) is 4.68 Å². The summed E-state index contributed by atoms with van der Waals surface area (Å²) in [7, 11) is 0. The van der Waals surface area contributed by atoms with Crippen molar-refractivity contribution in [2.75, 3.05) is 11.5 Å². The van der Waals surface area contributed by atoms with Crippen molar-refractivity contribution < 1.29 is 4.79 Å². The van der Waals surface area contributed by atoms with Gasteiger partial charge in [0.25, 0.3) is 5.91 Å². The molecule has 0 saturated carbocycles. The van der Waals surface area contributed by atoms with Gasteiger partial charge in [-0.1, -0.05) is 36.4 Å². The number of nitrogens with two attached hydrogens (primary N) is 2. The maximum absolute atomic E-state index is 12.4. The predicted octanol–water partition coefficient (Wildman–Crippen LogP) is 3.15. The van der Waals surface area contributed by atoms with Crippen LogP contribution in [0.15, 0.2) is 70.9 Å². The van der Waals surface area contributed by atoms with E-state index in [4.69, 9.17) is 11.5 Å². The molecule has 7 heteroatoms. The Labute approximate surface area is 132 Å². The summed E-state index contributed by atoms with van der Waals surface area (Å²) in [5.41, 5.74) is 13.0. The molecule has 0 aliphatic heterocycles. The minimum absolute atomic E-state index is 0.0477. The molecule has 1 aromatic heterocycles. The topological polar surface area (TPSA) is 112 Å². The van der Waals surface area contributed by atoms with Crippen LogP contribution in [0.3, 0.4) is 0 Å². The van der Waals surface area contributed by atoms with E-state index in [1.54, 1.807) is 36.4 Å². The van der Waals surface area contributed by atoms with E-state index < -0.39 is 0 Å². The Morgan fingerprint density at radius 2 is 1.52 bits per heavy atom. The number of carbonyl (C=O) groups is 1. The number of nitrogen functional groups attached to an aromatic ring is 2. The number of anilines is 2. The highest BCUT2D eigenvalue weighted by Crippen LogP contribution is 2.31. The van der Waals surface area contributed by atoms with E-state index in [0.29, 0.717) is 11.3 Å². The number of hydrogen-bond acceptors (Lipinski definition) is 6. The summed E-state index contributed by atoms with van der Waals surface area (Å²) >= 11 is 0. The second kappa shape index (κ2) is 6.10. The number of carbonyl (C=O) groups excluding carboxylic acids is 1. The van der Waals surface area contributed by atoms with Crippen LogP contribution >= 0.6 is 0 Å². The zero-order valence-corrected chi connectivity index (χ0v) is 12.1. The number of azo groups is 1. The van der Waals surface area contributed by atoms with Gasteiger partial charge in [0.15, 0.2) is 17.3 Å². The predicted molar refractivity (Wildman–Crippen MR) is 87.8 cm³/mol. The van der Waals surface area contributed by atoms with E-state index in [1.165, 1.54) is 0 Å². The van der Waals surface area contributed by atoms with Gasteiger partial charge in [0.1, 0.15) is 0 Å². The average Bonchev–Trinajstić information content (AvgIpc) is 2.88. The normalized spacial score (nSPS) is 11.0. The van der Waals surface area contributed by atoms with E-state index in [-0.39, 0.29) is 23.2 Å². The number of rotatable bonds is 3. The minimum Gasteiger partial charge on any atom is -0.382 e. The summed E-state index contributed by atoms with van der Waals surface area (Å²) in [6.45, 7) is 0. The molecule has 114 valence electrons. The summed E-state index contributed by atoms with van der Waals surface area (Å²) in [5, 5.41) is 12.0. The quantitative estimate of drug-likeness (QED) is 0.724. The van der Waals surface area contributed by atoms with Crippen LogP contribution in [0.1, 0.15) is 10.4 Å². The van der Waals surface area contributed by atoms with Gasteiger partial charge in [0.05, 0.1) is 5.69 Å². The van der Waals surface area contributed by atoms with Gasteiger partial charge in [-0.3, -0.25) is 4.79 Å². The summed E-state index contributed by atoms with van der Waals surface area (Å²) < 4.78 is 1.03. The van der Waals surface area contributed by atoms with Crippen LogP contribution in [-0.2, 0) is 0 Å². The molecule has 1 heterocycles.